The van der Waals surface area contributed by atoms with E-state index in [1.165, 1.54) is 6.07 Å². The molecular weight excluding hydrogens is 255 g/mol. The number of piperidine rings is 1. The molecule has 0 spiro atoms. The van der Waals surface area contributed by atoms with E-state index in [0.29, 0.717) is 23.8 Å². The fourth-order valence-corrected chi connectivity index (χ4v) is 2.40. The van der Waals surface area contributed by atoms with E-state index in [-0.39, 0.29) is 17.8 Å². The van der Waals surface area contributed by atoms with Gasteiger partial charge < -0.3 is 10.2 Å². The highest BCUT2D eigenvalue weighted by molar-refractivity contribution is 6.33. The first-order valence-corrected chi connectivity index (χ1v) is 6.42. The van der Waals surface area contributed by atoms with Crippen LogP contribution >= 0.6 is 11.6 Å². The highest BCUT2D eigenvalue weighted by Gasteiger charge is 2.21. The summed E-state index contributed by atoms with van der Waals surface area (Å²) >= 11 is 5.96. The van der Waals surface area contributed by atoms with Crippen molar-refractivity contribution in [3.8, 4) is 0 Å². The number of hydrogen-bond donors (Lipinski definition) is 1. The number of carbonyl (C=O) groups excluding carboxylic acids is 1. The Labute approximate surface area is 111 Å². The van der Waals surface area contributed by atoms with Crippen molar-refractivity contribution in [2.75, 3.05) is 18.4 Å². The minimum atomic E-state index is -0.337. The summed E-state index contributed by atoms with van der Waals surface area (Å²) in [5.74, 6) is -0.242. The number of benzene rings is 1. The molecule has 1 amide bonds. The van der Waals surface area contributed by atoms with E-state index < -0.39 is 0 Å². The number of hydrogen-bond acceptors (Lipinski definition) is 2. The number of likely N-dealkylation sites (tertiary alicyclic amines) is 1. The Morgan fingerprint density at radius 1 is 1.44 bits per heavy atom. The summed E-state index contributed by atoms with van der Waals surface area (Å²) in [6.07, 6.45) is 1.62. The predicted molar refractivity (Wildman–Crippen MR) is 70.3 cm³/mol. The molecule has 1 aliphatic rings. The number of nitrogens with zero attached hydrogens (tertiary/aromatic N) is 1. The maximum Gasteiger partial charge on any atom is 0.219 e. The largest absolute Gasteiger partial charge is 0.379 e. The number of para-hydroxylation sites is 1. The molecule has 18 heavy (non-hydrogen) atoms. The molecule has 0 unspecified atom stereocenters. The Bertz CT molecular complexity index is 424. The van der Waals surface area contributed by atoms with Gasteiger partial charge in [0.2, 0.25) is 5.91 Å². The van der Waals surface area contributed by atoms with Gasteiger partial charge in [0.1, 0.15) is 5.82 Å². The molecule has 0 radical (unpaired) electrons. The predicted octanol–water partition coefficient (Wildman–Crippen LogP) is 2.90. The van der Waals surface area contributed by atoms with Crippen LogP contribution in [0, 0.1) is 5.82 Å². The lowest BCUT2D eigenvalue weighted by Gasteiger charge is -2.32. The van der Waals surface area contributed by atoms with E-state index >= 15 is 0 Å². The number of nitrogens with one attached hydrogen (secondary N) is 1. The quantitative estimate of drug-likeness (QED) is 0.896. The van der Waals surface area contributed by atoms with Crippen molar-refractivity contribution < 1.29 is 9.18 Å². The second-order valence-corrected chi connectivity index (χ2v) is 4.93. The molecule has 1 saturated heterocycles. The molecule has 0 bridgehead atoms. The second kappa shape index (κ2) is 5.57. The minimum absolute atomic E-state index is 0.0948. The van der Waals surface area contributed by atoms with Gasteiger partial charge in [-0.15, -0.1) is 0 Å². The average Bonchev–Trinajstić information content (AvgIpc) is 2.34. The van der Waals surface area contributed by atoms with Crippen LogP contribution in [0.3, 0.4) is 0 Å². The van der Waals surface area contributed by atoms with Crippen molar-refractivity contribution in [2.24, 2.45) is 0 Å². The summed E-state index contributed by atoms with van der Waals surface area (Å²) in [7, 11) is 0. The molecule has 2 rings (SSSR count). The first-order valence-electron chi connectivity index (χ1n) is 6.04. The first-order chi connectivity index (χ1) is 8.58. The van der Waals surface area contributed by atoms with Crippen molar-refractivity contribution in [1.82, 2.24) is 4.90 Å². The van der Waals surface area contributed by atoms with Crippen LogP contribution in [0.25, 0.3) is 0 Å². The van der Waals surface area contributed by atoms with Gasteiger partial charge in [-0.2, -0.15) is 0 Å². The molecular formula is C13H16ClFN2O. The Kier molecular flexibility index (Phi) is 4.07. The number of anilines is 1. The Morgan fingerprint density at radius 2 is 2.11 bits per heavy atom. The van der Waals surface area contributed by atoms with E-state index in [2.05, 4.69) is 5.32 Å². The molecule has 1 aromatic rings. The van der Waals surface area contributed by atoms with Gasteiger partial charge in [-0.1, -0.05) is 17.7 Å². The topological polar surface area (TPSA) is 32.3 Å². The lowest BCUT2D eigenvalue weighted by Crippen LogP contribution is -2.41. The number of rotatable bonds is 2. The summed E-state index contributed by atoms with van der Waals surface area (Å²) in [5.41, 5.74) is 0.362. The molecule has 1 N–H and O–H groups in total. The monoisotopic (exact) mass is 270 g/mol. The average molecular weight is 271 g/mol. The highest BCUT2D eigenvalue weighted by Crippen LogP contribution is 2.27. The van der Waals surface area contributed by atoms with Crippen molar-refractivity contribution >= 4 is 23.2 Å². The van der Waals surface area contributed by atoms with E-state index in [1.54, 1.807) is 24.0 Å². The van der Waals surface area contributed by atoms with Crippen LogP contribution in [-0.4, -0.2) is 29.9 Å². The van der Waals surface area contributed by atoms with Crippen LogP contribution in [-0.2, 0) is 4.79 Å². The smallest absolute Gasteiger partial charge is 0.219 e. The number of halogens is 2. The van der Waals surface area contributed by atoms with Crippen LogP contribution in [0.2, 0.25) is 5.02 Å². The standard InChI is InChI=1S/C13H16ClFN2O/c1-9(18)17-7-5-10(6-8-17)16-13-11(14)3-2-4-12(13)15/h2-4,10,16H,5-8H2,1H3. The fraction of sp³-hybridized carbons (Fsp3) is 0.462. The number of amides is 1. The van der Waals surface area contributed by atoms with Crippen molar-refractivity contribution in [2.45, 2.75) is 25.8 Å². The van der Waals surface area contributed by atoms with Crippen LogP contribution < -0.4 is 5.32 Å². The molecule has 0 aromatic heterocycles. The van der Waals surface area contributed by atoms with Gasteiger partial charge in [0.05, 0.1) is 10.7 Å². The molecule has 98 valence electrons. The third kappa shape index (κ3) is 2.93. The Morgan fingerprint density at radius 3 is 2.67 bits per heavy atom. The fourth-order valence-electron chi connectivity index (χ4n) is 2.18. The molecule has 0 atom stereocenters. The maximum absolute atomic E-state index is 13.6. The zero-order valence-corrected chi connectivity index (χ0v) is 11.0. The molecule has 1 aromatic carbocycles. The Hall–Kier alpha value is -1.29. The van der Waals surface area contributed by atoms with Crippen molar-refractivity contribution in [1.29, 1.82) is 0 Å². The van der Waals surface area contributed by atoms with Gasteiger partial charge in [0, 0.05) is 26.1 Å². The van der Waals surface area contributed by atoms with Gasteiger partial charge in [-0.3, -0.25) is 4.79 Å². The molecule has 5 heteroatoms. The molecule has 1 fully saturated rings. The third-order valence-corrected chi connectivity index (χ3v) is 3.57. The maximum atomic E-state index is 13.6. The molecule has 0 saturated carbocycles. The van der Waals surface area contributed by atoms with Crippen LogP contribution in [0.4, 0.5) is 10.1 Å². The zero-order valence-electron chi connectivity index (χ0n) is 10.2. The van der Waals surface area contributed by atoms with Gasteiger partial charge in [-0.05, 0) is 25.0 Å². The molecule has 3 nitrogen and oxygen atoms in total. The minimum Gasteiger partial charge on any atom is -0.379 e. The summed E-state index contributed by atoms with van der Waals surface area (Å²) in [5, 5.41) is 3.52. The van der Waals surface area contributed by atoms with Gasteiger partial charge in [0.25, 0.3) is 0 Å². The van der Waals surface area contributed by atoms with Crippen molar-refractivity contribution in [3.63, 3.8) is 0 Å². The van der Waals surface area contributed by atoms with Crippen LogP contribution in [0.5, 0.6) is 0 Å². The summed E-state index contributed by atoms with van der Waals surface area (Å²) in [4.78, 5) is 13.0. The summed E-state index contributed by atoms with van der Waals surface area (Å²) in [6, 6.07) is 4.80. The second-order valence-electron chi connectivity index (χ2n) is 4.52. The van der Waals surface area contributed by atoms with E-state index in [0.717, 1.165) is 12.8 Å². The molecule has 1 heterocycles. The Balaban J connectivity index is 1.98. The van der Waals surface area contributed by atoms with Crippen molar-refractivity contribution in [3.05, 3.63) is 29.0 Å². The SMILES string of the molecule is CC(=O)N1CCC(Nc2c(F)cccc2Cl)CC1. The summed E-state index contributed by atoms with van der Waals surface area (Å²) < 4.78 is 13.6. The number of carbonyl (C=O) groups is 1. The summed E-state index contributed by atoms with van der Waals surface area (Å²) in [6.45, 7) is 2.99. The highest BCUT2D eigenvalue weighted by atomic mass is 35.5. The van der Waals surface area contributed by atoms with E-state index in [4.69, 9.17) is 11.6 Å². The van der Waals surface area contributed by atoms with Gasteiger partial charge in [0.15, 0.2) is 0 Å². The van der Waals surface area contributed by atoms with Crippen LogP contribution in [0.1, 0.15) is 19.8 Å². The molecule has 1 aliphatic heterocycles. The lowest BCUT2D eigenvalue weighted by atomic mass is 10.0. The zero-order chi connectivity index (χ0) is 13.1. The molecule has 0 aliphatic carbocycles. The first kappa shape index (κ1) is 13.1. The lowest BCUT2D eigenvalue weighted by molar-refractivity contribution is -0.129. The van der Waals surface area contributed by atoms with Gasteiger partial charge >= 0.3 is 0 Å². The van der Waals surface area contributed by atoms with E-state index in [9.17, 15) is 9.18 Å². The third-order valence-electron chi connectivity index (χ3n) is 3.25. The van der Waals surface area contributed by atoms with Crippen LogP contribution in [0.15, 0.2) is 18.2 Å². The normalized spacial score (nSPS) is 16.7. The van der Waals surface area contributed by atoms with Gasteiger partial charge in [-0.25, -0.2) is 4.39 Å². The van der Waals surface area contributed by atoms with E-state index in [1.807, 2.05) is 0 Å².